The summed E-state index contributed by atoms with van der Waals surface area (Å²) in [4.78, 5) is 21.1. The quantitative estimate of drug-likeness (QED) is 0.497. The molecule has 2 heterocycles. The topological polar surface area (TPSA) is 90.4 Å². The first kappa shape index (κ1) is 19.6. The summed E-state index contributed by atoms with van der Waals surface area (Å²) in [5.41, 5.74) is 11.2. The highest BCUT2D eigenvalue weighted by molar-refractivity contribution is 7.85. The zero-order chi connectivity index (χ0) is 21.5. The lowest BCUT2D eigenvalue weighted by Gasteiger charge is -2.11. The van der Waals surface area contributed by atoms with E-state index < -0.39 is 16.7 Å². The maximum absolute atomic E-state index is 12.8. The fourth-order valence-electron chi connectivity index (χ4n) is 3.89. The largest absolute Gasteiger partial charge is 0.366 e. The maximum atomic E-state index is 12.8. The van der Waals surface area contributed by atoms with E-state index >= 15 is 0 Å². The Kier molecular flexibility index (Phi) is 4.90. The molecule has 1 saturated carbocycles. The van der Waals surface area contributed by atoms with Gasteiger partial charge in [0.05, 0.1) is 28.4 Å². The van der Waals surface area contributed by atoms with Crippen LogP contribution < -0.4 is 5.73 Å². The molecule has 1 unspecified atom stereocenters. The SMILES string of the molecule is CCS(=O)c1nc(-c2ccccc2)cn2c(-c3ccc(C(N)=O)c(C4CC4)c3)cnc12. The van der Waals surface area contributed by atoms with Gasteiger partial charge in [-0.25, -0.2) is 9.97 Å². The number of carbonyl (C=O) groups excluding carboxylic acids is 1. The van der Waals surface area contributed by atoms with Gasteiger partial charge < -0.3 is 5.73 Å². The lowest BCUT2D eigenvalue weighted by Crippen LogP contribution is -2.13. The minimum Gasteiger partial charge on any atom is -0.366 e. The van der Waals surface area contributed by atoms with Crippen LogP contribution in [0.5, 0.6) is 0 Å². The highest BCUT2D eigenvalue weighted by atomic mass is 32.2. The summed E-state index contributed by atoms with van der Waals surface area (Å²) in [6.45, 7) is 1.87. The van der Waals surface area contributed by atoms with Crippen LogP contribution in [0.3, 0.4) is 0 Å². The van der Waals surface area contributed by atoms with E-state index in [1.807, 2.05) is 60.0 Å². The fraction of sp³-hybridized carbons (Fsp3) is 0.208. The number of hydrogen-bond acceptors (Lipinski definition) is 4. The molecule has 2 N–H and O–H groups in total. The highest BCUT2D eigenvalue weighted by Gasteiger charge is 2.28. The van der Waals surface area contributed by atoms with Crippen LogP contribution in [-0.4, -0.2) is 30.2 Å². The second-order valence-corrected chi connectivity index (χ2v) is 9.36. The molecule has 1 aliphatic carbocycles. The number of nitrogens with zero attached hydrogens (tertiary/aromatic N) is 3. The molecule has 1 atom stereocenters. The lowest BCUT2D eigenvalue weighted by molar-refractivity contribution is 0.0999. The Morgan fingerprint density at radius 1 is 1.16 bits per heavy atom. The number of amides is 1. The van der Waals surface area contributed by atoms with Crippen molar-refractivity contribution in [2.75, 3.05) is 5.75 Å². The van der Waals surface area contributed by atoms with Gasteiger partial charge >= 0.3 is 0 Å². The molecule has 1 fully saturated rings. The van der Waals surface area contributed by atoms with Crippen LogP contribution >= 0.6 is 0 Å². The molecule has 0 radical (unpaired) electrons. The van der Waals surface area contributed by atoms with E-state index in [4.69, 9.17) is 10.7 Å². The minimum atomic E-state index is -1.26. The van der Waals surface area contributed by atoms with Gasteiger partial charge in [-0.15, -0.1) is 0 Å². The number of benzene rings is 2. The Morgan fingerprint density at radius 3 is 2.61 bits per heavy atom. The standard InChI is InChI=1S/C24H22N4O2S/c1-2-31(30)24-23-26-13-21(28(23)14-20(27-24)16-6-4-3-5-7-16)17-10-11-18(22(25)29)19(12-17)15-8-9-15/h3-7,10-15H,2,8-9H2,1H3,(H2,25,29). The third-order valence-electron chi connectivity index (χ3n) is 5.64. The molecule has 4 aromatic rings. The zero-order valence-electron chi connectivity index (χ0n) is 17.1. The summed E-state index contributed by atoms with van der Waals surface area (Å²) in [6, 6.07) is 15.6. The molecule has 2 aromatic carbocycles. The van der Waals surface area contributed by atoms with Crippen molar-refractivity contribution in [3.8, 4) is 22.5 Å². The molecule has 7 heteroatoms. The fourth-order valence-corrected chi connectivity index (χ4v) is 4.72. The van der Waals surface area contributed by atoms with Crippen molar-refractivity contribution in [2.45, 2.75) is 30.7 Å². The maximum Gasteiger partial charge on any atom is 0.248 e. The van der Waals surface area contributed by atoms with Gasteiger partial charge in [0.1, 0.15) is 0 Å². The van der Waals surface area contributed by atoms with E-state index in [0.717, 1.165) is 40.9 Å². The first-order chi connectivity index (χ1) is 15.1. The molecule has 0 aliphatic heterocycles. The molecular weight excluding hydrogens is 408 g/mol. The Morgan fingerprint density at radius 2 is 1.94 bits per heavy atom. The molecule has 1 amide bonds. The second-order valence-electron chi connectivity index (χ2n) is 7.71. The third-order valence-corrected chi connectivity index (χ3v) is 6.87. The van der Waals surface area contributed by atoms with Crippen LogP contribution in [0.25, 0.3) is 28.2 Å². The smallest absolute Gasteiger partial charge is 0.248 e. The van der Waals surface area contributed by atoms with Crippen LogP contribution in [0.4, 0.5) is 0 Å². The average Bonchev–Trinajstić information content (AvgIpc) is 3.57. The van der Waals surface area contributed by atoms with E-state index in [9.17, 15) is 9.00 Å². The number of hydrogen-bond donors (Lipinski definition) is 1. The van der Waals surface area contributed by atoms with Crippen molar-refractivity contribution < 1.29 is 9.00 Å². The second kappa shape index (κ2) is 7.74. The van der Waals surface area contributed by atoms with E-state index in [2.05, 4.69) is 4.98 Å². The Hall–Kier alpha value is -3.32. The molecule has 5 rings (SSSR count). The minimum absolute atomic E-state index is 0.381. The zero-order valence-corrected chi connectivity index (χ0v) is 17.9. The number of carbonyl (C=O) groups is 1. The summed E-state index contributed by atoms with van der Waals surface area (Å²) in [5, 5.41) is 0.478. The van der Waals surface area contributed by atoms with Gasteiger partial charge in [-0.2, -0.15) is 0 Å². The average molecular weight is 431 g/mol. The van der Waals surface area contributed by atoms with E-state index in [-0.39, 0.29) is 0 Å². The van der Waals surface area contributed by atoms with Crippen LogP contribution in [0.1, 0.15) is 41.6 Å². The van der Waals surface area contributed by atoms with Crippen molar-refractivity contribution in [2.24, 2.45) is 5.73 Å². The summed E-state index contributed by atoms with van der Waals surface area (Å²) < 4.78 is 14.7. The molecule has 6 nitrogen and oxygen atoms in total. The molecule has 31 heavy (non-hydrogen) atoms. The number of nitrogens with two attached hydrogens (primary N) is 1. The monoisotopic (exact) mass is 430 g/mol. The number of primary amides is 1. The van der Waals surface area contributed by atoms with Crippen molar-refractivity contribution in [3.05, 3.63) is 72.1 Å². The molecule has 0 bridgehead atoms. The summed E-state index contributed by atoms with van der Waals surface area (Å²) in [5.74, 6) is 0.441. The van der Waals surface area contributed by atoms with Crippen LogP contribution in [0.2, 0.25) is 0 Å². The predicted octanol–water partition coefficient (Wildman–Crippen LogP) is 4.17. The van der Waals surface area contributed by atoms with Crippen LogP contribution in [-0.2, 0) is 10.8 Å². The van der Waals surface area contributed by atoms with Gasteiger partial charge in [0.15, 0.2) is 10.7 Å². The highest BCUT2D eigenvalue weighted by Crippen LogP contribution is 2.43. The Bertz CT molecular complexity index is 1330. The number of imidazole rings is 1. The molecule has 0 saturated heterocycles. The van der Waals surface area contributed by atoms with Crippen molar-refractivity contribution in [3.63, 3.8) is 0 Å². The van der Waals surface area contributed by atoms with E-state index in [1.54, 1.807) is 12.3 Å². The normalized spacial score (nSPS) is 14.6. The summed E-state index contributed by atoms with van der Waals surface area (Å²) >= 11 is 0. The first-order valence-corrected chi connectivity index (χ1v) is 11.6. The molecule has 0 spiro atoms. The number of aromatic nitrogens is 3. The van der Waals surface area contributed by atoms with Gasteiger partial charge in [0.2, 0.25) is 5.91 Å². The van der Waals surface area contributed by atoms with E-state index in [1.165, 1.54) is 0 Å². The summed E-state index contributed by atoms with van der Waals surface area (Å²) in [6.07, 6.45) is 5.84. The van der Waals surface area contributed by atoms with Crippen molar-refractivity contribution >= 4 is 22.4 Å². The first-order valence-electron chi connectivity index (χ1n) is 10.3. The van der Waals surface area contributed by atoms with Gasteiger partial charge in [-0.1, -0.05) is 43.3 Å². The van der Waals surface area contributed by atoms with Gasteiger partial charge in [-0.3, -0.25) is 13.4 Å². The van der Waals surface area contributed by atoms with Crippen molar-refractivity contribution in [1.29, 1.82) is 0 Å². The summed E-state index contributed by atoms with van der Waals surface area (Å²) in [7, 11) is -1.26. The van der Waals surface area contributed by atoms with E-state index in [0.29, 0.717) is 27.9 Å². The number of fused-ring (bicyclic) bond motifs is 1. The molecule has 1 aliphatic rings. The third kappa shape index (κ3) is 3.55. The Balaban J connectivity index is 1.73. The molecular formula is C24H22N4O2S. The van der Waals surface area contributed by atoms with Crippen LogP contribution in [0.15, 0.2) is 66.0 Å². The van der Waals surface area contributed by atoms with Gasteiger partial charge in [0.25, 0.3) is 0 Å². The Labute approximate surface area is 182 Å². The lowest BCUT2D eigenvalue weighted by atomic mass is 9.98. The van der Waals surface area contributed by atoms with Gasteiger partial charge in [-0.05, 0) is 36.5 Å². The predicted molar refractivity (Wildman–Crippen MR) is 121 cm³/mol. The van der Waals surface area contributed by atoms with Gasteiger partial charge in [0, 0.05) is 28.6 Å². The molecule has 2 aromatic heterocycles. The van der Waals surface area contributed by atoms with Crippen LogP contribution in [0, 0.1) is 0 Å². The van der Waals surface area contributed by atoms with Crippen molar-refractivity contribution in [1.82, 2.24) is 14.4 Å². The number of rotatable bonds is 6. The molecule has 156 valence electrons.